The van der Waals surface area contributed by atoms with Crippen molar-refractivity contribution < 1.29 is 4.39 Å². The van der Waals surface area contributed by atoms with Gasteiger partial charge in [0, 0.05) is 5.69 Å². The number of halogens is 1. The fourth-order valence-electron chi connectivity index (χ4n) is 1.70. The molecule has 2 N–H and O–H groups in total. The number of H-pyrrole nitrogens is 2. The van der Waals surface area contributed by atoms with Gasteiger partial charge in [-0.1, -0.05) is 0 Å². The van der Waals surface area contributed by atoms with Crippen LogP contribution in [0.1, 0.15) is 5.69 Å². The Morgan fingerprint density at radius 3 is 2.94 bits per heavy atom. The lowest BCUT2D eigenvalue weighted by Gasteiger charge is -1.90. The van der Waals surface area contributed by atoms with Crippen LogP contribution in [0.15, 0.2) is 24.4 Å². The number of aryl methyl sites for hydroxylation is 1. The van der Waals surface area contributed by atoms with E-state index >= 15 is 0 Å². The molecule has 0 saturated carbocycles. The van der Waals surface area contributed by atoms with Crippen molar-refractivity contribution in [2.24, 2.45) is 0 Å². The molecule has 0 fully saturated rings. The molecule has 0 aliphatic rings. The van der Waals surface area contributed by atoms with Gasteiger partial charge in [-0.2, -0.15) is 5.10 Å². The Morgan fingerprint density at radius 1 is 1.31 bits per heavy atom. The molecule has 4 nitrogen and oxygen atoms in total. The Labute approximate surface area is 90.5 Å². The molecule has 3 aromatic rings. The third kappa shape index (κ3) is 1.29. The van der Waals surface area contributed by atoms with Crippen molar-refractivity contribution in [2.75, 3.05) is 0 Å². The number of hydrogen-bond acceptors (Lipinski definition) is 2. The van der Waals surface area contributed by atoms with Crippen LogP contribution in [0.4, 0.5) is 4.39 Å². The number of fused-ring (bicyclic) bond motifs is 1. The van der Waals surface area contributed by atoms with E-state index in [0.717, 1.165) is 16.8 Å². The first-order chi connectivity index (χ1) is 7.74. The van der Waals surface area contributed by atoms with Gasteiger partial charge in [-0.15, -0.1) is 0 Å². The minimum Gasteiger partial charge on any atom is -0.338 e. The zero-order chi connectivity index (χ0) is 11.1. The van der Waals surface area contributed by atoms with Gasteiger partial charge in [0.2, 0.25) is 0 Å². The van der Waals surface area contributed by atoms with Gasteiger partial charge in [-0.3, -0.25) is 5.10 Å². The van der Waals surface area contributed by atoms with Crippen LogP contribution in [0.3, 0.4) is 0 Å². The Bertz CT molecular complexity index is 653. The molecule has 0 atom stereocenters. The van der Waals surface area contributed by atoms with E-state index in [4.69, 9.17) is 0 Å². The second-order valence-corrected chi connectivity index (χ2v) is 3.66. The smallest absolute Gasteiger partial charge is 0.141 e. The highest BCUT2D eigenvalue weighted by Gasteiger charge is 2.09. The van der Waals surface area contributed by atoms with E-state index in [2.05, 4.69) is 20.2 Å². The predicted molar refractivity (Wildman–Crippen MR) is 58.4 cm³/mol. The average Bonchev–Trinajstić information content (AvgIpc) is 2.82. The highest BCUT2D eigenvalue weighted by Crippen LogP contribution is 2.22. The summed E-state index contributed by atoms with van der Waals surface area (Å²) in [7, 11) is 0. The van der Waals surface area contributed by atoms with Crippen molar-refractivity contribution in [1.29, 1.82) is 0 Å². The fourth-order valence-corrected chi connectivity index (χ4v) is 1.70. The standard InChI is InChI=1S/C11H9FN4/c1-6-8(5-13-16-6)11-14-9-3-2-7(12)4-10(9)15-11/h2-5H,1H3,(H,13,16)(H,14,15). The van der Waals surface area contributed by atoms with E-state index < -0.39 is 0 Å². The average molecular weight is 216 g/mol. The van der Waals surface area contributed by atoms with Gasteiger partial charge in [0.15, 0.2) is 0 Å². The summed E-state index contributed by atoms with van der Waals surface area (Å²) in [5, 5.41) is 6.77. The number of aromatic nitrogens is 4. The van der Waals surface area contributed by atoms with E-state index in [-0.39, 0.29) is 5.82 Å². The first-order valence-electron chi connectivity index (χ1n) is 4.89. The lowest BCUT2D eigenvalue weighted by atomic mass is 10.2. The summed E-state index contributed by atoms with van der Waals surface area (Å²) in [4.78, 5) is 7.44. The van der Waals surface area contributed by atoms with E-state index in [1.165, 1.54) is 12.1 Å². The van der Waals surface area contributed by atoms with Gasteiger partial charge in [0.1, 0.15) is 11.6 Å². The maximum absolute atomic E-state index is 13.0. The molecule has 2 heterocycles. The topological polar surface area (TPSA) is 57.4 Å². The van der Waals surface area contributed by atoms with Crippen molar-refractivity contribution in [3.63, 3.8) is 0 Å². The van der Waals surface area contributed by atoms with E-state index in [1.54, 1.807) is 12.3 Å². The van der Waals surface area contributed by atoms with Gasteiger partial charge in [-0.05, 0) is 25.1 Å². The molecule has 3 rings (SSSR count). The van der Waals surface area contributed by atoms with Crippen LogP contribution >= 0.6 is 0 Å². The van der Waals surface area contributed by atoms with Crippen molar-refractivity contribution in [3.8, 4) is 11.4 Å². The van der Waals surface area contributed by atoms with Crippen molar-refractivity contribution in [2.45, 2.75) is 6.92 Å². The largest absolute Gasteiger partial charge is 0.338 e. The molecule has 0 amide bonds. The molecular weight excluding hydrogens is 207 g/mol. The molecule has 0 bridgehead atoms. The second-order valence-electron chi connectivity index (χ2n) is 3.66. The van der Waals surface area contributed by atoms with Crippen LogP contribution in [0, 0.1) is 12.7 Å². The molecule has 1 aromatic carbocycles. The molecule has 0 spiro atoms. The first kappa shape index (κ1) is 9.08. The Balaban J connectivity index is 2.23. The normalized spacial score (nSPS) is 11.1. The molecule has 80 valence electrons. The van der Waals surface area contributed by atoms with Crippen molar-refractivity contribution >= 4 is 11.0 Å². The zero-order valence-electron chi connectivity index (χ0n) is 8.58. The Hall–Kier alpha value is -2.17. The number of rotatable bonds is 1. The predicted octanol–water partition coefficient (Wildman–Crippen LogP) is 2.40. The maximum atomic E-state index is 13.0. The molecule has 0 radical (unpaired) electrons. The molecule has 0 aliphatic heterocycles. The van der Waals surface area contributed by atoms with Crippen LogP contribution in [-0.2, 0) is 0 Å². The van der Waals surface area contributed by atoms with Gasteiger partial charge in [0.25, 0.3) is 0 Å². The minimum atomic E-state index is -0.272. The minimum absolute atomic E-state index is 0.272. The molecule has 0 aliphatic carbocycles. The molecule has 0 unspecified atom stereocenters. The number of imidazole rings is 1. The Kier molecular flexibility index (Phi) is 1.80. The number of benzene rings is 1. The number of aromatic amines is 2. The molecular formula is C11H9FN4. The summed E-state index contributed by atoms with van der Waals surface area (Å²) in [5.41, 5.74) is 3.27. The fraction of sp³-hybridized carbons (Fsp3) is 0.0909. The van der Waals surface area contributed by atoms with E-state index in [9.17, 15) is 4.39 Å². The van der Waals surface area contributed by atoms with Gasteiger partial charge >= 0.3 is 0 Å². The zero-order valence-corrected chi connectivity index (χ0v) is 8.58. The summed E-state index contributed by atoms with van der Waals surface area (Å²) in [5.74, 6) is 0.429. The van der Waals surface area contributed by atoms with Crippen LogP contribution in [0.25, 0.3) is 22.4 Å². The first-order valence-corrected chi connectivity index (χ1v) is 4.89. The quantitative estimate of drug-likeness (QED) is 0.656. The molecule has 0 saturated heterocycles. The highest BCUT2D eigenvalue weighted by atomic mass is 19.1. The summed E-state index contributed by atoms with van der Waals surface area (Å²) in [6.07, 6.45) is 1.70. The van der Waals surface area contributed by atoms with Crippen LogP contribution in [0.2, 0.25) is 0 Å². The van der Waals surface area contributed by atoms with Crippen LogP contribution in [0.5, 0.6) is 0 Å². The van der Waals surface area contributed by atoms with Crippen LogP contribution < -0.4 is 0 Å². The highest BCUT2D eigenvalue weighted by molar-refractivity contribution is 5.79. The summed E-state index contributed by atoms with van der Waals surface area (Å²) < 4.78 is 13.0. The van der Waals surface area contributed by atoms with Crippen molar-refractivity contribution in [1.82, 2.24) is 20.2 Å². The van der Waals surface area contributed by atoms with E-state index in [0.29, 0.717) is 11.3 Å². The monoisotopic (exact) mass is 216 g/mol. The molecule has 2 aromatic heterocycles. The lowest BCUT2D eigenvalue weighted by Crippen LogP contribution is -1.80. The molecule has 5 heteroatoms. The third-order valence-corrected chi connectivity index (χ3v) is 2.53. The number of nitrogens with one attached hydrogen (secondary N) is 2. The summed E-state index contributed by atoms with van der Waals surface area (Å²) in [6, 6.07) is 4.48. The van der Waals surface area contributed by atoms with Crippen LogP contribution in [-0.4, -0.2) is 20.2 Å². The van der Waals surface area contributed by atoms with Gasteiger partial charge in [-0.25, -0.2) is 9.37 Å². The lowest BCUT2D eigenvalue weighted by molar-refractivity contribution is 0.629. The Morgan fingerprint density at radius 2 is 2.19 bits per heavy atom. The number of hydrogen-bond donors (Lipinski definition) is 2. The van der Waals surface area contributed by atoms with E-state index in [1.807, 2.05) is 6.92 Å². The number of nitrogens with zero attached hydrogens (tertiary/aromatic N) is 2. The molecule has 16 heavy (non-hydrogen) atoms. The second kappa shape index (κ2) is 3.16. The van der Waals surface area contributed by atoms with Gasteiger partial charge < -0.3 is 4.98 Å². The SMILES string of the molecule is Cc1[nH]ncc1-c1nc2ccc(F)cc2[nH]1. The van der Waals surface area contributed by atoms with Gasteiger partial charge in [0.05, 0.1) is 22.8 Å². The maximum Gasteiger partial charge on any atom is 0.141 e. The summed E-state index contributed by atoms with van der Waals surface area (Å²) in [6.45, 7) is 1.91. The third-order valence-electron chi connectivity index (χ3n) is 2.53. The van der Waals surface area contributed by atoms with Crippen molar-refractivity contribution in [3.05, 3.63) is 35.9 Å². The summed E-state index contributed by atoms with van der Waals surface area (Å²) >= 11 is 0.